The van der Waals surface area contributed by atoms with Gasteiger partial charge in [0, 0.05) is 44.3 Å². The van der Waals surface area contributed by atoms with Crippen LogP contribution in [0.5, 0.6) is 0 Å². The van der Waals surface area contributed by atoms with E-state index in [9.17, 15) is 0 Å². The monoisotopic (exact) mass is 445 g/mol. The van der Waals surface area contributed by atoms with Crippen molar-refractivity contribution < 1.29 is 9.15 Å². The molecule has 0 N–H and O–H groups in total. The van der Waals surface area contributed by atoms with Gasteiger partial charge in [-0.1, -0.05) is 42.5 Å². The number of rotatable bonds is 5. The molecule has 2 aromatic carbocycles. The van der Waals surface area contributed by atoms with Crippen molar-refractivity contribution in [3.63, 3.8) is 0 Å². The summed E-state index contributed by atoms with van der Waals surface area (Å²) in [5.74, 6) is 1.64. The van der Waals surface area contributed by atoms with Crippen molar-refractivity contribution in [2.45, 2.75) is 58.4 Å². The molecule has 0 unspecified atom stereocenters. The molecule has 0 bridgehead atoms. The average molecular weight is 446 g/mol. The Labute approximate surface area is 197 Å². The van der Waals surface area contributed by atoms with E-state index < -0.39 is 0 Å². The molecule has 0 aliphatic carbocycles. The van der Waals surface area contributed by atoms with Gasteiger partial charge in [0.2, 0.25) is 5.89 Å². The van der Waals surface area contributed by atoms with Gasteiger partial charge in [0.05, 0.1) is 17.9 Å². The normalized spacial score (nSPS) is 23.1. The average Bonchev–Trinajstić information content (AvgIpc) is 3.19. The molecule has 2 fully saturated rings. The number of piperidine rings is 1. The highest BCUT2D eigenvalue weighted by Gasteiger charge is 2.30. The highest BCUT2D eigenvalue weighted by atomic mass is 16.5. The van der Waals surface area contributed by atoms with Gasteiger partial charge < -0.3 is 9.15 Å². The second-order valence-electron chi connectivity index (χ2n) is 9.68. The van der Waals surface area contributed by atoms with E-state index >= 15 is 0 Å². The molecule has 5 nitrogen and oxygen atoms in total. The molecule has 1 aromatic heterocycles. The molecule has 2 atom stereocenters. The van der Waals surface area contributed by atoms with Gasteiger partial charge in [-0.2, -0.15) is 0 Å². The summed E-state index contributed by atoms with van der Waals surface area (Å²) in [6, 6.07) is 19.6. The van der Waals surface area contributed by atoms with Crippen LogP contribution in [0.15, 0.2) is 59.0 Å². The van der Waals surface area contributed by atoms with Crippen molar-refractivity contribution in [2.24, 2.45) is 0 Å². The summed E-state index contributed by atoms with van der Waals surface area (Å²) < 4.78 is 12.0. The minimum atomic E-state index is 0.338. The van der Waals surface area contributed by atoms with E-state index in [1.54, 1.807) is 0 Å². The first-order chi connectivity index (χ1) is 16.0. The maximum absolute atomic E-state index is 6.07. The van der Waals surface area contributed by atoms with Crippen molar-refractivity contribution in [1.82, 2.24) is 14.8 Å². The van der Waals surface area contributed by atoms with E-state index in [4.69, 9.17) is 14.1 Å². The van der Waals surface area contributed by atoms with Gasteiger partial charge in [-0.25, -0.2) is 4.98 Å². The zero-order valence-corrected chi connectivity index (χ0v) is 20.0. The third-order valence-corrected chi connectivity index (χ3v) is 7.03. The van der Waals surface area contributed by atoms with Crippen molar-refractivity contribution in [3.05, 3.63) is 66.1 Å². The molecule has 0 radical (unpaired) electrons. The first kappa shape index (κ1) is 22.3. The number of oxazole rings is 1. The fourth-order valence-corrected chi connectivity index (χ4v) is 5.30. The SMILES string of the molecule is Cc1oc(-c2ccc(-c3ccccc3)cc2)nc1CN1CCC(N2C[C@@H](C)O[C@@H](C)C2)CC1. The van der Waals surface area contributed by atoms with Crippen molar-refractivity contribution in [3.8, 4) is 22.6 Å². The summed E-state index contributed by atoms with van der Waals surface area (Å²) in [7, 11) is 0. The standard InChI is InChI=1S/C28H35N3O2/c1-20-17-31(18-21(2)32-20)26-13-15-30(16-14-26)19-27-22(3)33-28(29-27)25-11-9-24(10-12-25)23-7-5-4-6-8-23/h4-12,20-21,26H,13-19H2,1-3H3/t20-,21+. The van der Waals surface area contributed by atoms with Crippen LogP contribution in [0.4, 0.5) is 0 Å². The molecule has 3 heterocycles. The van der Waals surface area contributed by atoms with Crippen LogP contribution in [-0.2, 0) is 11.3 Å². The Bertz CT molecular complexity index is 1030. The van der Waals surface area contributed by atoms with Gasteiger partial charge in [0.15, 0.2) is 0 Å². The second kappa shape index (κ2) is 9.80. The van der Waals surface area contributed by atoms with Crippen LogP contribution < -0.4 is 0 Å². The predicted octanol–water partition coefficient (Wildman–Crippen LogP) is 5.39. The topological polar surface area (TPSA) is 41.7 Å². The number of benzene rings is 2. The van der Waals surface area contributed by atoms with Crippen LogP contribution in [0, 0.1) is 6.92 Å². The van der Waals surface area contributed by atoms with Crippen LogP contribution in [0.3, 0.4) is 0 Å². The van der Waals surface area contributed by atoms with Gasteiger partial charge in [0.1, 0.15) is 5.76 Å². The van der Waals surface area contributed by atoms with Crippen molar-refractivity contribution in [2.75, 3.05) is 26.2 Å². The second-order valence-corrected chi connectivity index (χ2v) is 9.68. The largest absolute Gasteiger partial charge is 0.441 e. The number of aryl methyl sites for hydroxylation is 1. The number of hydrogen-bond donors (Lipinski definition) is 0. The van der Waals surface area contributed by atoms with Gasteiger partial charge >= 0.3 is 0 Å². The first-order valence-electron chi connectivity index (χ1n) is 12.3. The molecule has 0 amide bonds. The third-order valence-electron chi connectivity index (χ3n) is 7.03. The summed E-state index contributed by atoms with van der Waals surface area (Å²) in [4.78, 5) is 10.0. The molecule has 3 aromatic rings. The first-order valence-corrected chi connectivity index (χ1v) is 12.3. The molecule has 5 rings (SSSR count). The fourth-order valence-electron chi connectivity index (χ4n) is 5.30. The fraction of sp³-hybridized carbons (Fsp3) is 0.464. The number of aromatic nitrogens is 1. The Kier molecular flexibility index (Phi) is 6.63. The van der Waals surface area contributed by atoms with Crippen LogP contribution >= 0.6 is 0 Å². The number of likely N-dealkylation sites (tertiary alicyclic amines) is 1. The Hall–Kier alpha value is -2.47. The summed E-state index contributed by atoms with van der Waals surface area (Å²) in [6.45, 7) is 11.6. The Morgan fingerprint density at radius 2 is 1.45 bits per heavy atom. The van der Waals surface area contributed by atoms with Crippen molar-refractivity contribution >= 4 is 0 Å². The maximum atomic E-state index is 6.07. The van der Waals surface area contributed by atoms with Crippen LogP contribution in [0.1, 0.15) is 38.1 Å². The summed E-state index contributed by atoms with van der Waals surface area (Å²) in [5, 5.41) is 0. The highest BCUT2D eigenvalue weighted by Crippen LogP contribution is 2.27. The van der Waals surface area contributed by atoms with Crippen LogP contribution in [0.2, 0.25) is 0 Å². The molecule has 2 saturated heterocycles. The van der Waals surface area contributed by atoms with Crippen LogP contribution in [-0.4, -0.2) is 59.2 Å². The van der Waals surface area contributed by atoms with Crippen LogP contribution in [0.25, 0.3) is 22.6 Å². The molecular weight excluding hydrogens is 410 g/mol. The number of hydrogen-bond acceptors (Lipinski definition) is 5. The third kappa shape index (κ3) is 5.21. The zero-order valence-electron chi connectivity index (χ0n) is 20.0. The van der Waals surface area contributed by atoms with E-state index in [-0.39, 0.29) is 0 Å². The molecule has 0 spiro atoms. The van der Waals surface area contributed by atoms with E-state index in [0.717, 1.165) is 49.7 Å². The Balaban J connectivity index is 1.19. The zero-order chi connectivity index (χ0) is 22.8. The number of nitrogens with zero attached hydrogens (tertiary/aromatic N) is 3. The lowest BCUT2D eigenvalue weighted by molar-refractivity contribution is -0.0866. The molecule has 2 aliphatic heterocycles. The summed E-state index contributed by atoms with van der Waals surface area (Å²) in [6.07, 6.45) is 3.10. The summed E-state index contributed by atoms with van der Waals surface area (Å²) >= 11 is 0. The number of ether oxygens (including phenoxy) is 1. The van der Waals surface area contributed by atoms with Gasteiger partial charge in [-0.05, 0) is 56.9 Å². The lowest BCUT2D eigenvalue weighted by atomic mass is 10.0. The molecule has 2 aliphatic rings. The lowest BCUT2D eigenvalue weighted by Gasteiger charge is -2.43. The van der Waals surface area contributed by atoms with Gasteiger partial charge in [-0.15, -0.1) is 0 Å². The predicted molar refractivity (Wildman–Crippen MR) is 132 cm³/mol. The van der Waals surface area contributed by atoms with Gasteiger partial charge in [-0.3, -0.25) is 9.80 Å². The number of morpholine rings is 1. The van der Waals surface area contributed by atoms with Crippen molar-refractivity contribution in [1.29, 1.82) is 0 Å². The maximum Gasteiger partial charge on any atom is 0.226 e. The van der Waals surface area contributed by atoms with E-state index in [1.807, 2.05) is 13.0 Å². The highest BCUT2D eigenvalue weighted by molar-refractivity contribution is 5.67. The summed E-state index contributed by atoms with van der Waals surface area (Å²) in [5.41, 5.74) is 4.51. The van der Waals surface area contributed by atoms with E-state index in [1.165, 1.54) is 24.0 Å². The Morgan fingerprint density at radius 3 is 2.12 bits per heavy atom. The molecule has 33 heavy (non-hydrogen) atoms. The Morgan fingerprint density at radius 1 is 0.848 bits per heavy atom. The minimum absolute atomic E-state index is 0.338. The molecular formula is C28H35N3O2. The lowest BCUT2D eigenvalue weighted by Crippen LogP contribution is -2.53. The van der Waals surface area contributed by atoms with Gasteiger partial charge in [0.25, 0.3) is 0 Å². The molecule has 174 valence electrons. The van der Waals surface area contributed by atoms with E-state index in [0.29, 0.717) is 24.1 Å². The molecule has 5 heteroatoms. The minimum Gasteiger partial charge on any atom is -0.441 e. The van der Waals surface area contributed by atoms with E-state index in [2.05, 4.69) is 72.2 Å². The smallest absolute Gasteiger partial charge is 0.226 e. The molecule has 0 saturated carbocycles. The quantitative estimate of drug-likeness (QED) is 0.527.